The van der Waals surface area contributed by atoms with E-state index in [4.69, 9.17) is 4.74 Å². The number of aryl methyl sites for hydroxylation is 1. The number of nitrogens with zero attached hydrogens (tertiary/aromatic N) is 2. The summed E-state index contributed by atoms with van der Waals surface area (Å²) in [5, 5.41) is 3.75. The van der Waals surface area contributed by atoms with E-state index in [0.717, 1.165) is 29.2 Å². The minimum absolute atomic E-state index is 0.847. The van der Waals surface area contributed by atoms with E-state index in [9.17, 15) is 17.3 Å². The smallest absolute Gasteiger partial charge is 0.456 e. The maximum absolute atomic E-state index is 9.75. The van der Waals surface area contributed by atoms with Crippen LogP contribution in [0.3, 0.4) is 0 Å². The molecule has 3 nitrogen and oxygen atoms in total. The van der Waals surface area contributed by atoms with Crippen LogP contribution < -0.4 is 14.2 Å². The highest BCUT2D eigenvalue weighted by atomic mass is 32.1. The molecule has 42 heavy (non-hydrogen) atoms. The molecule has 0 aliphatic carbocycles. The summed E-state index contributed by atoms with van der Waals surface area (Å²) in [6.45, 7) is 3.10. The van der Waals surface area contributed by atoms with Gasteiger partial charge in [0, 0.05) is 36.8 Å². The average Bonchev–Trinajstić information content (AvgIpc) is 3.32. The van der Waals surface area contributed by atoms with Crippen LogP contribution in [0.25, 0.3) is 38.7 Å². The molecule has 0 atom stereocenters. The van der Waals surface area contributed by atoms with E-state index in [1.54, 1.807) is 0 Å². The van der Waals surface area contributed by atoms with Crippen LogP contribution in [0, 0.1) is 0 Å². The zero-order valence-electron chi connectivity index (χ0n) is 23.4. The highest BCUT2D eigenvalue weighted by molar-refractivity contribution is 7.19. The molecule has 1 aliphatic heterocycles. The van der Waals surface area contributed by atoms with E-state index in [2.05, 4.69) is 128 Å². The Morgan fingerprint density at radius 1 is 0.857 bits per heavy atom. The number of ether oxygens (including phenoxy) is 1. The van der Waals surface area contributed by atoms with Gasteiger partial charge in [0.25, 0.3) is 5.01 Å². The molecule has 0 unspecified atom stereocenters. The van der Waals surface area contributed by atoms with Gasteiger partial charge in [-0.25, -0.2) is 0 Å². The number of halogens is 4. The molecule has 4 aromatic carbocycles. The van der Waals surface area contributed by atoms with Crippen molar-refractivity contribution in [3.05, 3.63) is 119 Å². The average molecular weight is 588 g/mol. The van der Waals surface area contributed by atoms with Crippen LogP contribution in [-0.2, 0) is 6.54 Å². The van der Waals surface area contributed by atoms with E-state index in [-0.39, 0.29) is 0 Å². The molecule has 1 aromatic heterocycles. The Kier molecular flexibility index (Phi) is 8.50. The van der Waals surface area contributed by atoms with E-state index in [1.165, 1.54) is 37.2 Å². The summed E-state index contributed by atoms with van der Waals surface area (Å²) in [5.74, 6) is 1.73. The van der Waals surface area contributed by atoms with Crippen LogP contribution in [0.5, 0.6) is 5.75 Å². The highest BCUT2D eigenvalue weighted by Gasteiger charge is 2.22. The molecule has 0 fully saturated rings. The predicted molar refractivity (Wildman–Crippen MR) is 168 cm³/mol. The van der Waals surface area contributed by atoms with E-state index in [0.29, 0.717) is 0 Å². The van der Waals surface area contributed by atoms with Gasteiger partial charge in [-0.2, -0.15) is 4.57 Å². The Bertz CT molecular complexity index is 1820. The molecule has 0 saturated heterocycles. The van der Waals surface area contributed by atoms with Crippen molar-refractivity contribution in [1.82, 2.24) is 0 Å². The van der Waals surface area contributed by atoms with Gasteiger partial charge in [-0.3, -0.25) is 0 Å². The fourth-order valence-corrected chi connectivity index (χ4v) is 6.15. The number of aromatic nitrogens is 1. The number of anilines is 1. The molecule has 9 heteroatoms. The number of fused-ring (bicyclic) bond motifs is 4. The largest absolute Gasteiger partial charge is 0.673 e. The lowest BCUT2D eigenvalue weighted by atomic mass is 10.00. The summed E-state index contributed by atoms with van der Waals surface area (Å²) in [5.41, 5.74) is 5.87. The summed E-state index contributed by atoms with van der Waals surface area (Å²) < 4.78 is 49.1. The van der Waals surface area contributed by atoms with Crippen molar-refractivity contribution in [3.63, 3.8) is 0 Å². The number of rotatable bonds is 5. The first-order valence-electron chi connectivity index (χ1n) is 13.5. The summed E-state index contributed by atoms with van der Waals surface area (Å²) in [6.07, 6.45) is 8.68. The van der Waals surface area contributed by atoms with Crippen molar-refractivity contribution in [3.8, 4) is 5.75 Å². The second-order valence-electron chi connectivity index (χ2n) is 9.88. The molecule has 0 radical (unpaired) electrons. The molecule has 2 heterocycles. The number of hydrogen-bond acceptors (Lipinski definition) is 3. The lowest BCUT2D eigenvalue weighted by Crippen LogP contribution is -2.33. The third-order valence-electron chi connectivity index (χ3n) is 6.79. The second-order valence-corrected chi connectivity index (χ2v) is 10.9. The van der Waals surface area contributed by atoms with Gasteiger partial charge < -0.3 is 26.9 Å². The Labute approximate surface area is 246 Å². The number of para-hydroxylation sites is 1. The van der Waals surface area contributed by atoms with Crippen molar-refractivity contribution >= 4 is 63.0 Å². The quantitative estimate of drug-likeness (QED) is 0.116. The molecule has 0 spiro atoms. The SMILES string of the molecule is CC[n+]1c(C=C2C=C(C=Cc3ccc(N(C)C)cc3)c3ccccc3O2)sc2c3ccccc3ccc21.F[B-](F)(F)F. The first kappa shape index (κ1) is 29.1. The Morgan fingerprint density at radius 3 is 2.26 bits per heavy atom. The molecule has 214 valence electrons. The van der Waals surface area contributed by atoms with Crippen molar-refractivity contribution in [2.24, 2.45) is 0 Å². The third-order valence-corrected chi connectivity index (χ3v) is 7.97. The topological polar surface area (TPSA) is 16.4 Å². The van der Waals surface area contributed by atoms with Crippen molar-refractivity contribution in [1.29, 1.82) is 0 Å². The Balaban J connectivity index is 0.000000652. The summed E-state index contributed by atoms with van der Waals surface area (Å²) in [4.78, 5) is 2.11. The number of hydrogen-bond donors (Lipinski definition) is 0. The molecular formula is C33H29BF4N2OS. The van der Waals surface area contributed by atoms with Crippen LogP contribution in [0.2, 0.25) is 0 Å². The summed E-state index contributed by atoms with van der Waals surface area (Å²) in [6, 6.07) is 29.9. The number of thiazole rings is 1. The highest BCUT2D eigenvalue weighted by Crippen LogP contribution is 2.36. The molecule has 1 aliphatic rings. The third kappa shape index (κ3) is 6.74. The lowest BCUT2D eigenvalue weighted by molar-refractivity contribution is -0.665. The minimum Gasteiger partial charge on any atom is -0.456 e. The van der Waals surface area contributed by atoms with Gasteiger partial charge in [0.2, 0.25) is 5.52 Å². The summed E-state index contributed by atoms with van der Waals surface area (Å²) >= 11 is 1.82. The van der Waals surface area contributed by atoms with Gasteiger partial charge in [0.05, 0.1) is 6.08 Å². The van der Waals surface area contributed by atoms with Gasteiger partial charge in [0.1, 0.15) is 22.8 Å². The van der Waals surface area contributed by atoms with E-state index >= 15 is 0 Å². The normalized spacial score (nSPS) is 14.0. The van der Waals surface area contributed by atoms with Crippen LogP contribution in [-0.4, -0.2) is 21.3 Å². The van der Waals surface area contributed by atoms with Gasteiger partial charge >= 0.3 is 7.25 Å². The minimum atomic E-state index is -6.00. The molecule has 0 N–H and O–H groups in total. The molecule has 6 rings (SSSR count). The van der Waals surface area contributed by atoms with Crippen LogP contribution in [0.4, 0.5) is 23.0 Å². The zero-order valence-corrected chi connectivity index (χ0v) is 24.2. The van der Waals surface area contributed by atoms with Crippen molar-refractivity contribution in [2.45, 2.75) is 13.5 Å². The van der Waals surface area contributed by atoms with Crippen molar-refractivity contribution in [2.75, 3.05) is 19.0 Å². The van der Waals surface area contributed by atoms with Gasteiger partial charge in [0.15, 0.2) is 0 Å². The van der Waals surface area contributed by atoms with Gasteiger partial charge in [-0.05, 0) is 53.8 Å². The zero-order chi connectivity index (χ0) is 29.9. The number of benzene rings is 4. The van der Waals surface area contributed by atoms with Crippen LogP contribution in [0.15, 0.2) is 103 Å². The maximum atomic E-state index is 9.75. The van der Waals surface area contributed by atoms with Crippen molar-refractivity contribution < 1.29 is 26.6 Å². The predicted octanol–water partition coefficient (Wildman–Crippen LogP) is 9.26. The first-order chi connectivity index (χ1) is 20.1. The standard InChI is InChI=1S/C33H29N2OS.BF4/c1-4-35-30-20-17-24-9-5-6-11-29(24)33(30)37-32(35)22-27-21-25(28-10-7-8-12-31(28)36-27)16-13-23-14-18-26(19-15-23)34(2)3;2-1(3,4)5/h5-22H,4H2,1-3H3;/q+1;-1. The first-order valence-corrected chi connectivity index (χ1v) is 14.3. The van der Waals surface area contributed by atoms with Gasteiger partial charge in [-0.15, -0.1) is 0 Å². The Hall–Kier alpha value is -4.37. The Morgan fingerprint density at radius 2 is 1.55 bits per heavy atom. The lowest BCUT2D eigenvalue weighted by Gasteiger charge is -2.18. The molecular weight excluding hydrogens is 559 g/mol. The fraction of sp³-hybridized carbons (Fsp3) is 0.121. The molecule has 0 amide bonds. The van der Waals surface area contributed by atoms with Gasteiger partial charge in [-0.1, -0.05) is 78.1 Å². The fourth-order valence-electron chi connectivity index (χ4n) is 4.85. The van der Waals surface area contributed by atoms with E-state index < -0.39 is 7.25 Å². The van der Waals surface area contributed by atoms with Crippen LogP contribution in [0.1, 0.15) is 23.1 Å². The number of allylic oxidation sites excluding steroid dienone is 3. The molecule has 5 aromatic rings. The second kappa shape index (κ2) is 12.2. The van der Waals surface area contributed by atoms with E-state index in [1.807, 2.05) is 23.5 Å². The van der Waals surface area contributed by atoms with Crippen LogP contribution >= 0.6 is 11.3 Å². The molecule has 0 bridgehead atoms. The monoisotopic (exact) mass is 588 g/mol. The summed E-state index contributed by atoms with van der Waals surface area (Å²) in [7, 11) is -1.88. The maximum Gasteiger partial charge on any atom is 0.673 e. The molecule has 0 saturated carbocycles.